The van der Waals surface area contributed by atoms with E-state index in [4.69, 9.17) is 18.5 Å². The van der Waals surface area contributed by atoms with E-state index in [1.54, 1.807) is 13.8 Å². The van der Waals surface area contributed by atoms with Crippen LogP contribution in [0.1, 0.15) is 25.1 Å². The first kappa shape index (κ1) is 20.0. The maximum atomic E-state index is 12.6. The van der Waals surface area contributed by atoms with Gasteiger partial charge in [0.1, 0.15) is 6.16 Å². The van der Waals surface area contributed by atoms with Crippen LogP contribution in [-0.2, 0) is 35.1 Å². The van der Waals surface area contributed by atoms with E-state index in [1.807, 2.05) is 0 Å². The van der Waals surface area contributed by atoms with Crippen LogP contribution in [0.4, 0.5) is 13.2 Å². The monoisotopic (exact) mass is 381 g/mol. The van der Waals surface area contributed by atoms with Crippen molar-refractivity contribution in [2.24, 2.45) is 0 Å². The number of halogens is 3. The van der Waals surface area contributed by atoms with Gasteiger partial charge in [0, 0.05) is 6.20 Å². The molecular formula is C15H19F3NO5P. The van der Waals surface area contributed by atoms with Crippen molar-refractivity contribution in [2.75, 3.05) is 32.6 Å². The summed E-state index contributed by atoms with van der Waals surface area (Å²) >= 11 is 0. The number of aromatic nitrogens is 1. The minimum atomic E-state index is -4.48. The molecule has 0 bridgehead atoms. The number of pyridine rings is 1. The largest absolute Gasteiger partial charge is 0.447 e. The van der Waals surface area contributed by atoms with Crippen LogP contribution in [0.5, 0.6) is 0 Å². The van der Waals surface area contributed by atoms with E-state index < -0.39 is 31.7 Å². The highest BCUT2D eigenvalue weighted by molar-refractivity contribution is 7.48. The number of rotatable bonds is 8. The van der Waals surface area contributed by atoms with E-state index in [1.165, 1.54) is 6.07 Å². The predicted octanol–water partition coefficient (Wildman–Crippen LogP) is 3.25. The smallest absolute Gasteiger partial charge is 0.417 e. The van der Waals surface area contributed by atoms with E-state index in [2.05, 4.69) is 4.98 Å². The zero-order valence-electron chi connectivity index (χ0n) is 13.8. The van der Waals surface area contributed by atoms with E-state index in [0.29, 0.717) is 13.2 Å². The molecule has 2 rings (SSSR count). The van der Waals surface area contributed by atoms with Crippen molar-refractivity contribution in [3.05, 3.63) is 29.6 Å². The number of ether oxygens (including phenoxy) is 2. The summed E-state index contributed by atoms with van der Waals surface area (Å²) < 4.78 is 59.2. The van der Waals surface area contributed by atoms with Gasteiger partial charge >= 0.3 is 12.1 Å². The standard InChI is InChI=1S/C15H19F3NO5P/c1-3-22-25(23-4-2)8-13(20)24-14(9-21-10-14)12-6-5-11(7-19-12)15(16,17)18/h5-7H,3-4,8-10H2,1-2H3. The number of carbonyl (C=O) groups is 1. The summed E-state index contributed by atoms with van der Waals surface area (Å²) in [6.45, 7) is 4.44. The quantitative estimate of drug-likeness (QED) is 0.509. The second-order valence-electron chi connectivity index (χ2n) is 5.22. The Bertz CT molecular complexity index is 572. The normalized spacial score (nSPS) is 16.6. The SMILES string of the molecule is CCOP(CC(=O)OC1(c2ccc(C(F)(F)F)cn2)COC1)OCC. The number of carbonyl (C=O) groups excluding carboxylic acids is 1. The Kier molecular flexibility index (Phi) is 6.73. The van der Waals surface area contributed by atoms with Gasteiger partial charge in [-0.25, -0.2) is 0 Å². The lowest BCUT2D eigenvalue weighted by Crippen LogP contribution is -2.51. The lowest BCUT2D eigenvalue weighted by Gasteiger charge is -2.40. The van der Waals surface area contributed by atoms with Gasteiger partial charge in [0.25, 0.3) is 0 Å². The maximum absolute atomic E-state index is 12.6. The van der Waals surface area contributed by atoms with E-state index in [-0.39, 0.29) is 25.1 Å². The van der Waals surface area contributed by atoms with Crippen LogP contribution in [0.3, 0.4) is 0 Å². The van der Waals surface area contributed by atoms with Crippen molar-refractivity contribution >= 4 is 14.3 Å². The Labute approximate surface area is 144 Å². The Morgan fingerprint density at radius 2 is 1.92 bits per heavy atom. The molecule has 0 N–H and O–H groups in total. The molecule has 0 atom stereocenters. The fourth-order valence-corrected chi connectivity index (χ4v) is 3.26. The number of alkyl halides is 3. The second-order valence-corrected chi connectivity index (χ2v) is 6.72. The molecule has 1 aromatic rings. The summed E-state index contributed by atoms with van der Waals surface area (Å²) in [5.74, 6) is -0.571. The average molecular weight is 381 g/mol. The molecule has 0 aliphatic carbocycles. The van der Waals surface area contributed by atoms with Crippen LogP contribution < -0.4 is 0 Å². The summed E-state index contributed by atoms with van der Waals surface area (Å²) in [6.07, 6.45) is -3.83. The summed E-state index contributed by atoms with van der Waals surface area (Å²) in [7, 11) is -1.41. The van der Waals surface area contributed by atoms with Crippen LogP contribution >= 0.6 is 8.38 Å². The molecule has 1 fully saturated rings. The highest BCUT2D eigenvalue weighted by atomic mass is 31.2. The van der Waals surface area contributed by atoms with Crippen LogP contribution in [0.25, 0.3) is 0 Å². The van der Waals surface area contributed by atoms with Crippen LogP contribution in [0, 0.1) is 0 Å². The van der Waals surface area contributed by atoms with Gasteiger partial charge in [-0.3, -0.25) is 9.78 Å². The van der Waals surface area contributed by atoms with Crippen LogP contribution in [0.15, 0.2) is 18.3 Å². The van der Waals surface area contributed by atoms with Gasteiger partial charge in [0.05, 0.1) is 37.7 Å². The van der Waals surface area contributed by atoms with Gasteiger partial charge in [-0.05, 0) is 26.0 Å². The van der Waals surface area contributed by atoms with Gasteiger partial charge in [-0.1, -0.05) is 0 Å². The molecule has 0 radical (unpaired) electrons. The van der Waals surface area contributed by atoms with Gasteiger partial charge in [-0.15, -0.1) is 0 Å². The minimum absolute atomic E-state index is 0.0400. The van der Waals surface area contributed by atoms with Crippen molar-refractivity contribution in [3.63, 3.8) is 0 Å². The predicted molar refractivity (Wildman–Crippen MR) is 82.9 cm³/mol. The average Bonchev–Trinajstić information content (AvgIpc) is 2.51. The van der Waals surface area contributed by atoms with E-state index in [9.17, 15) is 18.0 Å². The maximum Gasteiger partial charge on any atom is 0.417 e. The molecule has 1 aliphatic heterocycles. The van der Waals surface area contributed by atoms with Gasteiger partial charge in [-0.2, -0.15) is 13.2 Å². The molecule has 1 aromatic heterocycles. The molecule has 0 aromatic carbocycles. The molecule has 1 saturated heterocycles. The summed E-state index contributed by atoms with van der Waals surface area (Å²) in [6, 6.07) is 2.11. The number of esters is 1. The first-order valence-electron chi connectivity index (χ1n) is 7.67. The van der Waals surface area contributed by atoms with Crippen LogP contribution in [-0.4, -0.2) is 43.5 Å². The third kappa shape index (κ3) is 5.10. The molecule has 10 heteroatoms. The van der Waals surface area contributed by atoms with E-state index >= 15 is 0 Å². The Morgan fingerprint density at radius 3 is 2.32 bits per heavy atom. The first-order valence-corrected chi connectivity index (χ1v) is 9.03. The molecular weight excluding hydrogens is 362 g/mol. The molecule has 1 aliphatic rings. The van der Waals surface area contributed by atoms with E-state index in [0.717, 1.165) is 12.3 Å². The minimum Gasteiger partial charge on any atom is -0.447 e. The van der Waals surface area contributed by atoms with Crippen LogP contribution in [0.2, 0.25) is 0 Å². The fourth-order valence-electron chi connectivity index (χ4n) is 2.15. The zero-order valence-corrected chi connectivity index (χ0v) is 14.7. The summed E-state index contributed by atoms with van der Waals surface area (Å²) in [5, 5.41) is 0. The molecule has 2 heterocycles. The first-order chi connectivity index (χ1) is 11.8. The van der Waals surface area contributed by atoms with Crippen molar-refractivity contribution in [1.82, 2.24) is 4.98 Å². The summed E-state index contributed by atoms with van der Waals surface area (Å²) in [5.41, 5.74) is -1.81. The highest BCUT2D eigenvalue weighted by Crippen LogP contribution is 2.40. The third-order valence-corrected chi connectivity index (χ3v) is 4.95. The Morgan fingerprint density at radius 1 is 1.28 bits per heavy atom. The lowest BCUT2D eigenvalue weighted by atomic mass is 9.96. The van der Waals surface area contributed by atoms with Crippen molar-refractivity contribution in [2.45, 2.75) is 25.6 Å². The lowest BCUT2D eigenvalue weighted by molar-refractivity contribution is -0.217. The topological polar surface area (TPSA) is 66.9 Å². The molecule has 140 valence electrons. The zero-order chi connectivity index (χ0) is 18.5. The molecule has 0 saturated carbocycles. The Hall–Kier alpha value is -1.28. The third-order valence-electron chi connectivity index (χ3n) is 3.34. The molecule has 6 nitrogen and oxygen atoms in total. The Balaban J connectivity index is 2.06. The second kappa shape index (κ2) is 8.40. The molecule has 25 heavy (non-hydrogen) atoms. The fraction of sp³-hybridized carbons (Fsp3) is 0.600. The van der Waals surface area contributed by atoms with Crippen molar-refractivity contribution in [1.29, 1.82) is 0 Å². The number of hydrogen-bond donors (Lipinski definition) is 0. The molecule has 0 amide bonds. The highest BCUT2D eigenvalue weighted by Gasteiger charge is 2.46. The van der Waals surface area contributed by atoms with Crippen molar-refractivity contribution < 1.29 is 36.5 Å². The van der Waals surface area contributed by atoms with Gasteiger partial charge in [0.15, 0.2) is 14.0 Å². The van der Waals surface area contributed by atoms with Gasteiger partial charge < -0.3 is 18.5 Å². The summed E-state index contributed by atoms with van der Waals surface area (Å²) in [4.78, 5) is 16.0. The number of nitrogens with zero attached hydrogens (tertiary/aromatic N) is 1. The number of hydrogen-bond acceptors (Lipinski definition) is 6. The van der Waals surface area contributed by atoms with Crippen molar-refractivity contribution in [3.8, 4) is 0 Å². The molecule has 0 unspecified atom stereocenters. The van der Waals surface area contributed by atoms with Gasteiger partial charge in [0.2, 0.25) is 0 Å². The molecule has 0 spiro atoms.